The summed E-state index contributed by atoms with van der Waals surface area (Å²) in [4.78, 5) is 15.4. The molecule has 0 spiro atoms. The van der Waals surface area contributed by atoms with Crippen molar-refractivity contribution in [3.05, 3.63) is 72.9 Å². The number of aromatic nitrogens is 3. The first-order valence-corrected chi connectivity index (χ1v) is 11.6. The topological polar surface area (TPSA) is 112 Å². The van der Waals surface area contributed by atoms with Gasteiger partial charge in [0.2, 0.25) is 11.8 Å². The smallest absolute Gasteiger partial charge is 0.222 e. The van der Waals surface area contributed by atoms with E-state index in [9.17, 15) is 0 Å². The molecule has 8 heteroatoms. The minimum absolute atomic E-state index is 0.141. The molecule has 0 unspecified atom stereocenters. The molecule has 0 saturated carbocycles. The largest absolute Gasteiger partial charge is 0.439 e. The Balaban J connectivity index is 1.39. The molecule has 8 nitrogen and oxygen atoms in total. The van der Waals surface area contributed by atoms with E-state index in [-0.39, 0.29) is 5.95 Å². The molecule has 4 N–H and O–H groups in total. The lowest BCUT2D eigenvalue weighted by atomic mass is 9.99. The Kier molecular flexibility index (Phi) is 6.45. The van der Waals surface area contributed by atoms with Gasteiger partial charge in [-0.3, -0.25) is 0 Å². The molecule has 5 rings (SSSR count). The first kappa shape index (κ1) is 22.6. The van der Waals surface area contributed by atoms with Crippen molar-refractivity contribution in [1.82, 2.24) is 15.0 Å². The summed E-state index contributed by atoms with van der Waals surface area (Å²) >= 11 is 0. The van der Waals surface area contributed by atoms with Crippen LogP contribution in [0.15, 0.2) is 72.9 Å². The Morgan fingerprint density at radius 1 is 0.971 bits per heavy atom. The summed E-state index contributed by atoms with van der Waals surface area (Å²) in [6, 6.07) is 21.8. The highest BCUT2D eigenvalue weighted by molar-refractivity contribution is 5.88. The Labute approximate surface area is 204 Å². The molecule has 178 valence electrons. The zero-order valence-electron chi connectivity index (χ0n) is 19.6. The number of hydrogen-bond donors (Lipinski definition) is 2. The van der Waals surface area contributed by atoms with Gasteiger partial charge in [-0.25, -0.2) is 9.97 Å². The van der Waals surface area contributed by atoms with Crippen LogP contribution in [0.25, 0.3) is 22.4 Å². The number of anilines is 3. The molecule has 35 heavy (non-hydrogen) atoms. The SMILES string of the molecule is COC[C@@H]1CCCN1c1ccnc(Oc2ccc(-c3c(N)nc(N)nc3-c3ccccc3)cc2)c1. The highest BCUT2D eigenvalue weighted by Crippen LogP contribution is 2.36. The lowest BCUT2D eigenvalue weighted by Crippen LogP contribution is -2.32. The fourth-order valence-electron chi connectivity index (χ4n) is 4.57. The second-order valence-electron chi connectivity index (χ2n) is 8.48. The molecular weight excluding hydrogens is 440 g/mol. The third-order valence-corrected chi connectivity index (χ3v) is 6.15. The van der Waals surface area contributed by atoms with Gasteiger partial charge < -0.3 is 25.8 Å². The maximum absolute atomic E-state index is 6.28. The molecule has 0 amide bonds. The maximum atomic E-state index is 6.28. The van der Waals surface area contributed by atoms with Gasteiger partial charge in [0.05, 0.1) is 23.9 Å². The normalized spacial score (nSPS) is 15.3. The molecule has 1 aliphatic rings. The van der Waals surface area contributed by atoms with Crippen molar-refractivity contribution in [2.24, 2.45) is 0 Å². The van der Waals surface area contributed by atoms with Crippen molar-refractivity contribution < 1.29 is 9.47 Å². The number of ether oxygens (including phenoxy) is 2. The molecule has 0 aliphatic carbocycles. The first-order valence-electron chi connectivity index (χ1n) is 11.6. The molecule has 4 aromatic rings. The lowest BCUT2D eigenvalue weighted by molar-refractivity contribution is 0.181. The second-order valence-corrected chi connectivity index (χ2v) is 8.48. The van der Waals surface area contributed by atoms with Crippen LogP contribution in [0.2, 0.25) is 0 Å². The summed E-state index contributed by atoms with van der Waals surface area (Å²) in [6.07, 6.45) is 4.05. The van der Waals surface area contributed by atoms with E-state index in [2.05, 4.69) is 19.9 Å². The number of nitrogens with two attached hydrogens (primary N) is 2. The molecule has 1 atom stereocenters. The third kappa shape index (κ3) is 4.88. The molecule has 1 saturated heterocycles. The molecular formula is C27H28N6O2. The monoisotopic (exact) mass is 468 g/mol. The minimum Gasteiger partial charge on any atom is -0.439 e. The molecule has 1 aliphatic heterocycles. The first-order chi connectivity index (χ1) is 17.1. The summed E-state index contributed by atoms with van der Waals surface area (Å²) in [5.74, 6) is 1.68. The van der Waals surface area contributed by atoms with Gasteiger partial charge in [0.25, 0.3) is 0 Å². The van der Waals surface area contributed by atoms with E-state index < -0.39 is 0 Å². The van der Waals surface area contributed by atoms with Crippen LogP contribution in [0.3, 0.4) is 0 Å². The van der Waals surface area contributed by atoms with Crippen molar-refractivity contribution in [2.45, 2.75) is 18.9 Å². The van der Waals surface area contributed by atoms with Crippen LogP contribution in [0.1, 0.15) is 12.8 Å². The maximum Gasteiger partial charge on any atom is 0.222 e. The average molecular weight is 469 g/mol. The number of rotatable bonds is 7. The van der Waals surface area contributed by atoms with E-state index in [1.807, 2.05) is 66.7 Å². The van der Waals surface area contributed by atoms with Gasteiger partial charge in [-0.05, 0) is 36.6 Å². The van der Waals surface area contributed by atoms with E-state index >= 15 is 0 Å². The van der Waals surface area contributed by atoms with Crippen LogP contribution in [0, 0.1) is 0 Å². The summed E-state index contributed by atoms with van der Waals surface area (Å²) < 4.78 is 11.5. The fraction of sp³-hybridized carbons (Fsp3) is 0.222. The molecule has 2 aromatic carbocycles. The average Bonchev–Trinajstić information content (AvgIpc) is 3.34. The highest BCUT2D eigenvalue weighted by Gasteiger charge is 2.25. The Bertz CT molecular complexity index is 1300. The highest BCUT2D eigenvalue weighted by atomic mass is 16.5. The predicted octanol–water partition coefficient (Wildman–Crippen LogP) is 4.78. The van der Waals surface area contributed by atoms with E-state index in [4.69, 9.17) is 20.9 Å². The van der Waals surface area contributed by atoms with Crippen LogP contribution in [0.5, 0.6) is 11.6 Å². The Morgan fingerprint density at radius 2 is 1.77 bits per heavy atom. The van der Waals surface area contributed by atoms with Gasteiger partial charge in [0.15, 0.2) is 0 Å². The summed E-state index contributed by atoms with van der Waals surface area (Å²) in [7, 11) is 1.74. The number of hydrogen-bond acceptors (Lipinski definition) is 8. The Hall–Kier alpha value is -4.17. The lowest BCUT2D eigenvalue weighted by Gasteiger charge is -2.26. The van der Waals surface area contributed by atoms with E-state index in [1.54, 1.807) is 13.3 Å². The predicted molar refractivity (Wildman–Crippen MR) is 138 cm³/mol. The van der Waals surface area contributed by atoms with Gasteiger partial charge in [-0.1, -0.05) is 42.5 Å². The zero-order valence-corrected chi connectivity index (χ0v) is 19.6. The van der Waals surface area contributed by atoms with Crippen molar-refractivity contribution in [1.29, 1.82) is 0 Å². The van der Waals surface area contributed by atoms with Crippen LogP contribution in [0.4, 0.5) is 17.5 Å². The quantitative estimate of drug-likeness (QED) is 0.399. The molecule has 3 heterocycles. The number of nitrogens with zero attached hydrogens (tertiary/aromatic N) is 4. The molecule has 0 bridgehead atoms. The van der Waals surface area contributed by atoms with Crippen LogP contribution >= 0.6 is 0 Å². The van der Waals surface area contributed by atoms with Crippen LogP contribution in [-0.2, 0) is 4.74 Å². The van der Waals surface area contributed by atoms with Crippen molar-refractivity contribution in [3.8, 4) is 34.0 Å². The number of pyridine rings is 1. The van der Waals surface area contributed by atoms with Gasteiger partial charge in [0, 0.05) is 37.2 Å². The van der Waals surface area contributed by atoms with Crippen LogP contribution < -0.4 is 21.1 Å². The second kappa shape index (κ2) is 9.99. The molecule has 1 fully saturated rings. The summed E-state index contributed by atoms with van der Waals surface area (Å²) in [5, 5.41) is 0. The van der Waals surface area contributed by atoms with Gasteiger partial charge in [0.1, 0.15) is 11.6 Å². The number of nitrogen functional groups attached to an aromatic ring is 2. The minimum atomic E-state index is 0.141. The van der Waals surface area contributed by atoms with Crippen LogP contribution in [-0.4, -0.2) is 41.3 Å². The molecule has 0 radical (unpaired) electrons. The fourth-order valence-corrected chi connectivity index (χ4v) is 4.57. The summed E-state index contributed by atoms with van der Waals surface area (Å²) in [6.45, 7) is 1.71. The standard InChI is InChI=1S/C27H28N6O2/c1-34-17-21-8-5-15-33(21)20-13-14-30-23(16-20)35-22-11-9-18(10-12-22)24-25(19-6-3-2-4-7-19)31-27(29)32-26(24)28/h2-4,6-7,9-14,16,21H,5,8,15,17H2,1H3,(H4,28,29,31,32)/t21-/m0/s1. The van der Waals surface area contributed by atoms with E-state index in [0.29, 0.717) is 35.8 Å². The van der Waals surface area contributed by atoms with Gasteiger partial charge in [-0.15, -0.1) is 0 Å². The summed E-state index contributed by atoms with van der Waals surface area (Å²) in [5.41, 5.74) is 16.5. The zero-order chi connectivity index (χ0) is 24.2. The molecule has 2 aromatic heterocycles. The third-order valence-electron chi connectivity index (χ3n) is 6.15. The van der Waals surface area contributed by atoms with Gasteiger partial charge >= 0.3 is 0 Å². The van der Waals surface area contributed by atoms with Crippen molar-refractivity contribution in [3.63, 3.8) is 0 Å². The number of methoxy groups -OCH3 is 1. The van der Waals surface area contributed by atoms with Gasteiger partial charge in [-0.2, -0.15) is 4.98 Å². The van der Waals surface area contributed by atoms with E-state index in [0.717, 1.165) is 41.8 Å². The van der Waals surface area contributed by atoms with Crippen molar-refractivity contribution >= 4 is 17.5 Å². The Morgan fingerprint density at radius 3 is 2.54 bits per heavy atom. The van der Waals surface area contributed by atoms with Crippen molar-refractivity contribution in [2.75, 3.05) is 36.6 Å². The number of benzene rings is 2. The van der Waals surface area contributed by atoms with E-state index in [1.165, 1.54) is 0 Å².